The Morgan fingerprint density at radius 2 is 1.61 bits per heavy atom. The second kappa shape index (κ2) is 9.18. The van der Waals surface area contributed by atoms with Crippen LogP contribution in [0.15, 0.2) is 88.9 Å². The smallest absolute Gasteiger partial charge is 0.269 e. The molecule has 0 aliphatic carbocycles. The molecule has 0 saturated carbocycles. The number of nitrogens with one attached hydrogen (secondary N) is 1. The molecule has 3 rings (SSSR count). The van der Waals surface area contributed by atoms with E-state index in [2.05, 4.69) is 10.5 Å². The van der Waals surface area contributed by atoms with E-state index in [1.165, 1.54) is 73.9 Å². The van der Waals surface area contributed by atoms with E-state index in [1.54, 1.807) is 18.2 Å². The molecule has 0 aliphatic rings. The summed E-state index contributed by atoms with van der Waals surface area (Å²) in [7, 11) is -2.27. The Bertz CT molecular complexity index is 1210. The zero-order valence-electron chi connectivity index (χ0n) is 16.4. The van der Waals surface area contributed by atoms with Gasteiger partial charge in [0.25, 0.3) is 21.6 Å². The summed E-state index contributed by atoms with van der Waals surface area (Å²) >= 11 is 0. The summed E-state index contributed by atoms with van der Waals surface area (Å²) in [5.74, 6) is -0.488. The predicted octanol–water partition coefficient (Wildman–Crippen LogP) is 3.18. The maximum absolute atomic E-state index is 12.7. The lowest BCUT2D eigenvalue weighted by Gasteiger charge is -2.19. The number of nitrogens with zero attached hydrogens (tertiary/aromatic N) is 3. The number of hydrogen-bond acceptors (Lipinski definition) is 6. The van der Waals surface area contributed by atoms with E-state index in [4.69, 9.17) is 0 Å². The first-order chi connectivity index (χ1) is 14.8. The number of hydrazone groups is 1. The van der Waals surface area contributed by atoms with Gasteiger partial charge in [0.1, 0.15) is 0 Å². The zero-order chi connectivity index (χ0) is 22.4. The van der Waals surface area contributed by atoms with Gasteiger partial charge in [0.05, 0.1) is 21.7 Å². The molecule has 10 heteroatoms. The first kappa shape index (κ1) is 21.7. The molecule has 3 aromatic rings. The number of carbonyl (C=O) groups is 1. The van der Waals surface area contributed by atoms with Crippen molar-refractivity contribution in [3.8, 4) is 0 Å². The van der Waals surface area contributed by atoms with Gasteiger partial charge >= 0.3 is 0 Å². The van der Waals surface area contributed by atoms with Crippen LogP contribution in [0.3, 0.4) is 0 Å². The molecule has 0 atom stereocenters. The first-order valence-electron chi connectivity index (χ1n) is 9.01. The van der Waals surface area contributed by atoms with Gasteiger partial charge in [-0.2, -0.15) is 5.10 Å². The van der Waals surface area contributed by atoms with Crippen molar-refractivity contribution in [2.24, 2.45) is 5.10 Å². The molecule has 0 bridgehead atoms. The molecule has 0 aromatic heterocycles. The monoisotopic (exact) mass is 438 g/mol. The highest BCUT2D eigenvalue weighted by Gasteiger charge is 2.21. The second-order valence-electron chi connectivity index (χ2n) is 6.38. The third-order valence-corrected chi connectivity index (χ3v) is 6.18. The SMILES string of the molecule is CN(c1ccc(C(=O)N/N=C/c2ccc([N+](=O)[O-])cc2)cc1)S(=O)(=O)c1ccccc1. The van der Waals surface area contributed by atoms with Gasteiger partial charge in [-0.15, -0.1) is 0 Å². The first-order valence-corrected chi connectivity index (χ1v) is 10.4. The van der Waals surface area contributed by atoms with E-state index in [9.17, 15) is 23.3 Å². The molecule has 1 N–H and O–H groups in total. The van der Waals surface area contributed by atoms with Crippen molar-refractivity contribution in [2.45, 2.75) is 4.90 Å². The van der Waals surface area contributed by atoms with Crippen LogP contribution < -0.4 is 9.73 Å². The summed E-state index contributed by atoms with van der Waals surface area (Å²) in [5, 5.41) is 14.5. The Morgan fingerprint density at radius 1 is 1.00 bits per heavy atom. The van der Waals surface area contributed by atoms with E-state index in [-0.39, 0.29) is 16.1 Å². The van der Waals surface area contributed by atoms with Gasteiger partial charge < -0.3 is 0 Å². The average molecular weight is 438 g/mol. The Labute approximate surface area is 178 Å². The zero-order valence-corrected chi connectivity index (χ0v) is 17.2. The lowest BCUT2D eigenvalue weighted by Crippen LogP contribution is -2.26. The number of hydrogen-bond donors (Lipinski definition) is 1. The molecular formula is C21H18N4O5S. The summed E-state index contributed by atoms with van der Waals surface area (Å²) in [4.78, 5) is 22.5. The molecule has 0 aliphatic heterocycles. The second-order valence-corrected chi connectivity index (χ2v) is 8.35. The molecule has 31 heavy (non-hydrogen) atoms. The third kappa shape index (κ3) is 5.11. The minimum Gasteiger partial charge on any atom is -0.269 e. The lowest BCUT2D eigenvalue weighted by atomic mass is 10.2. The molecule has 0 unspecified atom stereocenters. The average Bonchev–Trinajstić information content (AvgIpc) is 2.79. The van der Waals surface area contributed by atoms with Crippen LogP contribution in [0.5, 0.6) is 0 Å². The van der Waals surface area contributed by atoms with Gasteiger partial charge in [0, 0.05) is 24.7 Å². The van der Waals surface area contributed by atoms with Crippen molar-refractivity contribution in [3.63, 3.8) is 0 Å². The molecule has 3 aromatic carbocycles. The Hall–Kier alpha value is -4.05. The van der Waals surface area contributed by atoms with Gasteiger partial charge in [0.2, 0.25) is 0 Å². The van der Waals surface area contributed by atoms with Crippen LogP contribution in [0.25, 0.3) is 0 Å². The molecule has 0 fully saturated rings. The fraction of sp³-hybridized carbons (Fsp3) is 0.0476. The van der Waals surface area contributed by atoms with Gasteiger partial charge in [-0.1, -0.05) is 18.2 Å². The number of anilines is 1. The van der Waals surface area contributed by atoms with E-state index in [0.717, 1.165) is 4.31 Å². The maximum atomic E-state index is 12.7. The minimum atomic E-state index is -3.71. The maximum Gasteiger partial charge on any atom is 0.271 e. The van der Waals surface area contributed by atoms with Crippen LogP contribution in [0.4, 0.5) is 11.4 Å². The van der Waals surface area contributed by atoms with Crippen molar-refractivity contribution in [3.05, 3.63) is 100 Å². The predicted molar refractivity (Wildman–Crippen MR) is 117 cm³/mol. The Balaban J connectivity index is 1.65. The van der Waals surface area contributed by atoms with Crippen molar-refractivity contribution in [1.82, 2.24) is 5.43 Å². The molecule has 158 valence electrons. The van der Waals surface area contributed by atoms with Gasteiger partial charge in [-0.05, 0) is 54.1 Å². The van der Waals surface area contributed by atoms with Crippen LogP contribution >= 0.6 is 0 Å². The highest BCUT2D eigenvalue weighted by Crippen LogP contribution is 2.22. The Kier molecular flexibility index (Phi) is 6.41. The molecular weight excluding hydrogens is 420 g/mol. The fourth-order valence-electron chi connectivity index (χ4n) is 2.62. The van der Waals surface area contributed by atoms with Crippen molar-refractivity contribution in [1.29, 1.82) is 0 Å². The number of rotatable bonds is 7. The number of sulfonamides is 1. The van der Waals surface area contributed by atoms with Gasteiger partial charge in [-0.25, -0.2) is 13.8 Å². The van der Waals surface area contributed by atoms with Crippen LogP contribution in [-0.4, -0.2) is 32.5 Å². The summed E-state index contributed by atoms with van der Waals surface area (Å²) in [5.41, 5.74) is 3.58. The number of nitro benzene ring substituents is 1. The molecule has 0 heterocycles. The molecule has 0 spiro atoms. The Morgan fingerprint density at radius 3 is 2.19 bits per heavy atom. The number of nitro groups is 1. The number of carbonyl (C=O) groups excluding carboxylic acids is 1. The largest absolute Gasteiger partial charge is 0.271 e. The highest BCUT2D eigenvalue weighted by atomic mass is 32.2. The summed E-state index contributed by atoms with van der Waals surface area (Å²) < 4.78 is 26.5. The van der Waals surface area contributed by atoms with Crippen LogP contribution in [0.2, 0.25) is 0 Å². The van der Waals surface area contributed by atoms with E-state index >= 15 is 0 Å². The summed E-state index contributed by atoms with van der Waals surface area (Å²) in [6.45, 7) is 0. The molecule has 1 amide bonds. The van der Waals surface area contributed by atoms with Gasteiger partial charge in [-0.3, -0.25) is 19.2 Å². The lowest BCUT2D eigenvalue weighted by molar-refractivity contribution is -0.384. The molecule has 9 nitrogen and oxygen atoms in total. The summed E-state index contributed by atoms with van der Waals surface area (Å²) in [6.07, 6.45) is 1.36. The fourth-order valence-corrected chi connectivity index (χ4v) is 3.84. The van der Waals surface area contributed by atoms with Crippen LogP contribution in [0.1, 0.15) is 15.9 Å². The number of non-ortho nitro benzene ring substituents is 1. The van der Waals surface area contributed by atoms with E-state index in [0.29, 0.717) is 11.3 Å². The van der Waals surface area contributed by atoms with Crippen molar-refractivity contribution in [2.75, 3.05) is 11.4 Å². The van der Waals surface area contributed by atoms with Crippen molar-refractivity contribution < 1.29 is 18.1 Å². The van der Waals surface area contributed by atoms with Crippen molar-refractivity contribution >= 4 is 33.5 Å². The highest BCUT2D eigenvalue weighted by molar-refractivity contribution is 7.92. The number of amides is 1. The van der Waals surface area contributed by atoms with Gasteiger partial charge in [0.15, 0.2) is 0 Å². The number of benzene rings is 3. The van der Waals surface area contributed by atoms with E-state index in [1.807, 2.05) is 0 Å². The van der Waals surface area contributed by atoms with Crippen LogP contribution in [0, 0.1) is 10.1 Å². The molecule has 0 saturated heterocycles. The van der Waals surface area contributed by atoms with Crippen LogP contribution in [-0.2, 0) is 10.0 Å². The van der Waals surface area contributed by atoms with E-state index < -0.39 is 20.9 Å². The third-order valence-electron chi connectivity index (χ3n) is 4.38. The standard InChI is InChI=1S/C21H18N4O5S/c1-24(31(29,30)20-5-3-2-4-6-20)18-13-9-17(10-14-18)21(26)23-22-15-16-7-11-19(12-8-16)25(27)28/h2-15H,1H3,(H,23,26)/b22-15+. The summed E-state index contributed by atoms with van der Waals surface area (Å²) in [6, 6.07) is 19.7. The topological polar surface area (TPSA) is 122 Å². The molecule has 0 radical (unpaired) electrons. The normalized spacial score (nSPS) is 11.3. The quantitative estimate of drug-likeness (QED) is 0.345. The minimum absolute atomic E-state index is 0.0412.